The molecule has 0 fully saturated rings. The minimum absolute atomic E-state index is 0.0819. The molecule has 0 radical (unpaired) electrons. The molecule has 2 aromatic carbocycles. The highest BCUT2D eigenvalue weighted by Crippen LogP contribution is 2.32. The van der Waals surface area contributed by atoms with E-state index in [0.717, 1.165) is 43.8 Å². The molecular formula is C22H19N5OS3. The summed E-state index contributed by atoms with van der Waals surface area (Å²) in [4.78, 5) is 20.6. The second-order valence-corrected chi connectivity index (χ2v) is 10.0. The van der Waals surface area contributed by atoms with Crippen LogP contribution in [0.4, 0.5) is 0 Å². The largest absolute Gasteiger partial charge is 0.360 e. The molecule has 5 rings (SSSR count). The number of hydrogen-bond acceptors (Lipinski definition) is 7. The Hall–Kier alpha value is -2.62. The van der Waals surface area contributed by atoms with Crippen LogP contribution in [-0.4, -0.2) is 36.3 Å². The number of carbonyl (C=O) groups excluding carboxylic acids is 1. The van der Waals surface area contributed by atoms with Gasteiger partial charge in [-0.25, -0.2) is 4.98 Å². The summed E-state index contributed by atoms with van der Waals surface area (Å²) >= 11 is 4.80. The number of hydrogen-bond donors (Lipinski definition) is 1. The summed E-state index contributed by atoms with van der Waals surface area (Å²) in [5.41, 5.74) is 2.72. The number of aromatic amines is 1. The van der Waals surface area contributed by atoms with E-state index < -0.39 is 0 Å². The van der Waals surface area contributed by atoms with Crippen molar-refractivity contribution in [1.82, 2.24) is 24.7 Å². The van der Waals surface area contributed by atoms with Crippen LogP contribution in [0.25, 0.3) is 21.1 Å². The van der Waals surface area contributed by atoms with E-state index in [-0.39, 0.29) is 5.78 Å². The van der Waals surface area contributed by atoms with Crippen LogP contribution in [0, 0.1) is 0 Å². The number of ketones is 1. The van der Waals surface area contributed by atoms with Gasteiger partial charge in [0.2, 0.25) is 0 Å². The van der Waals surface area contributed by atoms with Gasteiger partial charge < -0.3 is 9.55 Å². The maximum atomic E-state index is 12.8. The maximum Gasteiger partial charge on any atom is 0.191 e. The molecule has 156 valence electrons. The lowest BCUT2D eigenvalue weighted by molar-refractivity contribution is 0.102. The molecule has 0 bridgehead atoms. The fourth-order valence-corrected chi connectivity index (χ4v) is 6.31. The predicted octanol–water partition coefficient (Wildman–Crippen LogP) is 5.66. The van der Waals surface area contributed by atoms with Gasteiger partial charge in [0.05, 0.1) is 21.7 Å². The molecule has 0 aliphatic carbocycles. The smallest absolute Gasteiger partial charge is 0.191 e. The third-order valence-electron chi connectivity index (χ3n) is 4.93. The zero-order valence-electron chi connectivity index (χ0n) is 16.7. The van der Waals surface area contributed by atoms with Gasteiger partial charge in [-0.15, -0.1) is 21.5 Å². The first-order chi connectivity index (χ1) is 15.2. The molecule has 9 heteroatoms. The minimum Gasteiger partial charge on any atom is -0.360 e. The van der Waals surface area contributed by atoms with Crippen molar-refractivity contribution in [2.45, 2.75) is 28.7 Å². The normalized spacial score (nSPS) is 11.5. The lowest BCUT2D eigenvalue weighted by Gasteiger charge is -2.06. The van der Waals surface area contributed by atoms with E-state index in [2.05, 4.69) is 37.7 Å². The minimum atomic E-state index is 0.0819. The number of rotatable bonds is 8. The van der Waals surface area contributed by atoms with Crippen LogP contribution >= 0.6 is 34.9 Å². The Balaban J connectivity index is 1.26. The third kappa shape index (κ3) is 4.13. The number of para-hydroxylation sites is 2. The van der Waals surface area contributed by atoms with Gasteiger partial charge >= 0.3 is 0 Å². The third-order valence-corrected chi connectivity index (χ3v) is 8.07. The molecule has 0 aliphatic rings. The Kier molecular flexibility index (Phi) is 5.80. The lowest BCUT2D eigenvalue weighted by Crippen LogP contribution is -2.05. The summed E-state index contributed by atoms with van der Waals surface area (Å²) in [5, 5.41) is 10.5. The number of fused-ring (bicyclic) bond motifs is 2. The summed E-state index contributed by atoms with van der Waals surface area (Å²) in [5.74, 6) is 2.00. The monoisotopic (exact) mass is 465 g/mol. The summed E-state index contributed by atoms with van der Waals surface area (Å²) < 4.78 is 4.29. The molecule has 31 heavy (non-hydrogen) atoms. The zero-order valence-corrected chi connectivity index (χ0v) is 19.2. The van der Waals surface area contributed by atoms with Gasteiger partial charge in [0.1, 0.15) is 5.82 Å². The van der Waals surface area contributed by atoms with Crippen LogP contribution in [0.2, 0.25) is 0 Å². The number of carbonyl (C=O) groups is 1. The van der Waals surface area contributed by atoms with Crippen LogP contribution in [0.1, 0.15) is 23.1 Å². The molecule has 0 atom stereocenters. The quantitative estimate of drug-likeness (QED) is 0.235. The first-order valence-electron chi connectivity index (χ1n) is 9.85. The molecule has 5 aromatic rings. The summed E-state index contributed by atoms with van der Waals surface area (Å²) in [6.07, 6.45) is 1.79. The van der Waals surface area contributed by atoms with E-state index in [4.69, 9.17) is 0 Å². The van der Waals surface area contributed by atoms with Crippen molar-refractivity contribution in [3.8, 4) is 0 Å². The molecule has 0 spiro atoms. The molecule has 6 nitrogen and oxygen atoms in total. The molecule has 3 aromatic heterocycles. The van der Waals surface area contributed by atoms with Crippen molar-refractivity contribution in [2.24, 2.45) is 0 Å². The van der Waals surface area contributed by atoms with E-state index in [0.29, 0.717) is 11.5 Å². The van der Waals surface area contributed by atoms with E-state index >= 15 is 0 Å². The fraction of sp³-hybridized carbons (Fsp3) is 0.182. The molecule has 3 heterocycles. The molecule has 0 saturated heterocycles. The Morgan fingerprint density at radius 1 is 1.10 bits per heavy atom. The number of nitrogens with zero attached hydrogens (tertiary/aromatic N) is 4. The number of benzene rings is 2. The maximum absolute atomic E-state index is 12.8. The van der Waals surface area contributed by atoms with Crippen LogP contribution < -0.4 is 0 Å². The number of H-pyrrole nitrogens is 1. The Labute approximate surface area is 191 Å². The molecular weight excluding hydrogens is 446 g/mol. The Morgan fingerprint density at radius 2 is 1.94 bits per heavy atom. The standard InChI is InChI=1S/C22H19N5OS3/c1-2-27-20(13-30-22-24-17-9-5-6-10-19(17)31-22)25-26-21(27)29-12-18(28)15-11-23-16-8-4-3-7-14(15)16/h3-11,23H,2,12-13H2,1H3. The van der Waals surface area contributed by atoms with Crippen molar-refractivity contribution in [1.29, 1.82) is 0 Å². The SMILES string of the molecule is CCn1c(CSc2nc3ccccc3s2)nnc1SCC(=O)c1c[nH]c2ccccc12. The van der Waals surface area contributed by atoms with E-state index in [1.807, 2.05) is 42.5 Å². The van der Waals surface area contributed by atoms with Crippen molar-refractivity contribution in [3.63, 3.8) is 0 Å². The average molecular weight is 466 g/mol. The highest BCUT2D eigenvalue weighted by Gasteiger charge is 2.17. The second kappa shape index (κ2) is 8.86. The summed E-state index contributed by atoms with van der Waals surface area (Å²) in [6.45, 7) is 2.83. The first kappa shape index (κ1) is 20.3. The van der Waals surface area contributed by atoms with E-state index in [9.17, 15) is 4.79 Å². The molecule has 0 aliphatic heterocycles. The molecule has 1 N–H and O–H groups in total. The first-order valence-corrected chi connectivity index (χ1v) is 12.6. The van der Waals surface area contributed by atoms with Gasteiger partial charge in [-0.1, -0.05) is 53.9 Å². The number of thiazole rings is 1. The summed E-state index contributed by atoms with van der Waals surface area (Å²) in [7, 11) is 0. The number of aromatic nitrogens is 5. The van der Waals surface area contributed by atoms with Crippen LogP contribution in [-0.2, 0) is 12.3 Å². The van der Waals surface area contributed by atoms with Crippen molar-refractivity contribution < 1.29 is 4.79 Å². The Bertz CT molecular complexity index is 1340. The van der Waals surface area contributed by atoms with E-state index in [1.54, 1.807) is 29.3 Å². The van der Waals surface area contributed by atoms with Crippen molar-refractivity contribution in [3.05, 3.63) is 66.1 Å². The van der Waals surface area contributed by atoms with Gasteiger partial charge in [-0.05, 0) is 25.1 Å². The fourth-order valence-electron chi connectivity index (χ4n) is 3.40. The predicted molar refractivity (Wildman–Crippen MR) is 128 cm³/mol. The lowest BCUT2D eigenvalue weighted by atomic mass is 10.1. The Morgan fingerprint density at radius 3 is 2.81 bits per heavy atom. The number of nitrogens with one attached hydrogen (secondary N) is 1. The van der Waals surface area contributed by atoms with Crippen LogP contribution in [0.15, 0.2) is 64.2 Å². The van der Waals surface area contributed by atoms with E-state index in [1.165, 1.54) is 16.5 Å². The van der Waals surface area contributed by atoms with Gasteiger partial charge in [-0.3, -0.25) is 4.79 Å². The second-order valence-electron chi connectivity index (χ2n) is 6.84. The number of thioether (sulfide) groups is 2. The van der Waals surface area contributed by atoms with Gasteiger partial charge in [0.15, 0.2) is 15.3 Å². The van der Waals surface area contributed by atoms with Gasteiger partial charge in [-0.2, -0.15) is 0 Å². The highest BCUT2D eigenvalue weighted by molar-refractivity contribution is 8.00. The molecule has 0 amide bonds. The molecule has 0 unspecified atom stereocenters. The van der Waals surface area contributed by atoms with Crippen molar-refractivity contribution >= 4 is 61.8 Å². The van der Waals surface area contributed by atoms with Crippen LogP contribution in [0.5, 0.6) is 0 Å². The average Bonchev–Trinajstić information content (AvgIpc) is 3.51. The number of Topliss-reactive ketones (excluding diaryl/α,β-unsaturated/α-hetero) is 1. The van der Waals surface area contributed by atoms with Gasteiger partial charge in [0.25, 0.3) is 0 Å². The molecule has 0 saturated carbocycles. The highest BCUT2D eigenvalue weighted by atomic mass is 32.2. The van der Waals surface area contributed by atoms with Crippen molar-refractivity contribution in [2.75, 3.05) is 5.75 Å². The zero-order chi connectivity index (χ0) is 21.2. The van der Waals surface area contributed by atoms with Gasteiger partial charge in [0, 0.05) is 29.2 Å². The topological polar surface area (TPSA) is 76.5 Å². The summed E-state index contributed by atoms with van der Waals surface area (Å²) in [6, 6.07) is 16.0. The van der Waals surface area contributed by atoms with Crippen LogP contribution in [0.3, 0.4) is 0 Å².